The summed E-state index contributed by atoms with van der Waals surface area (Å²) >= 11 is 0. The Hall–Kier alpha value is -1.13. The third-order valence-corrected chi connectivity index (χ3v) is 2.33. The van der Waals surface area contributed by atoms with Crippen molar-refractivity contribution in [1.29, 1.82) is 0 Å². The summed E-state index contributed by atoms with van der Waals surface area (Å²) in [5.74, 6) is 0.0404. The third-order valence-electron chi connectivity index (χ3n) is 2.33. The van der Waals surface area contributed by atoms with E-state index in [0.717, 1.165) is 0 Å². The van der Waals surface area contributed by atoms with Crippen molar-refractivity contribution in [2.24, 2.45) is 0 Å². The summed E-state index contributed by atoms with van der Waals surface area (Å²) in [6.07, 6.45) is 0. The molecule has 0 fully saturated rings. The van der Waals surface area contributed by atoms with E-state index >= 15 is 0 Å². The number of rotatable bonds is 5. The van der Waals surface area contributed by atoms with Gasteiger partial charge in [0.25, 0.3) is 0 Å². The molecular weight excluding hydrogens is 211 g/mol. The van der Waals surface area contributed by atoms with Gasteiger partial charge in [0.05, 0.1) is 13.7 Å². The predicted molar refractivity (Wildman–Crippen MR) is 59.0 cm³/mol. The maximum absolute atomic E-state index is 13.1. The molecule has 1 N–H and O–H groups in total. The average Bonchev–Trinajstić information content (AvgIpc) is 2.26. The fourth-order valence-corrected chi connectivity index (χ4v) is 1.48. The zero-order valence-electron chi connectivity index (χ0n) is 9.79. The quantitative estimate of drug-likeness (QED) is 0.838. The Morgan fingerprint density at radius 3 is 2.69 bits per heavy atom. The molecule has 3 nitrogen and oxygen atoms in total. The van der Waals surface area contributed by atoms with Gasteiger partial charge in [0, 0.05) is 12.2 Å². The molecule has 0 amide bonds. The van der Waals surface area contributed by atoms with Crippen LogP contribution in [0.15, 0.2) is 18.2 Å². The Balaban J connectivity index is 3.04. The Morgan fingerprint density at radius 2 is 2.12 bits per heavy atom. The minimum absolute atomic E-state index is 0.101. The van der Waals surface area contributed by atoms with Gasteiger partial charge in [-0.3, -0.25) is 0 Å². The predicted octanol–water partition coefficient (Wildman–Crippen LogP) is 2.08. The first-order chi connectivity index (χ1) is 7.51. The molecule has 4 heteroatoms. The van der Waals surface area contributed by atoms with Crippen molar-refractivity contribution in [3.8, 4) is 5.75 Å². The van der Waals surface area contributed by atoms with Gasteiger partial charge < -0.3 is 14.6 Å². The lowest BCUT2D eigenvalue weighted by Gasteiger charge is -2.25. The Bertz CT molecular complexity index is 350. The highest BCUT2D eigenvalue weighted by Gasteiger charge is 2.27. The van der Waals surface area contributed by atoms with Crippen molar-refractivity contribution < 1.29 is 19.0 Å². The van der Waals surface area contributed by atoms with E-state index in [1.807, 2.05) is 6.92 Å². The molecule has 1 unspecified atom stereocenters. The molecule has 0 radical (unpaired) electrons. The van der Waals surface area contributed by atoms with Crippen LogP contribution in [0.2, 0.25) is 0 Å². The van der Waals surface area contributed by atoms with Gasteiger partial charge in [0.15, 0.2) is 0 Å². The standard InChI is InChI=1S/C12H17FO3/c1-4-16-8-12(2,14)10-7-9(13)5-6-11(10)15-3/h5-7,14H,4,8H2,1-3H3. The Labute approximate surface area is 94.8 Å². The first-order valence-electron chi connectivity index (χ1n) is 5.15. The molecule has 1 aromatic carbocycles. The molecule has 0 saturated heterocycles. The Kier molecular flexibility index (Phi) is 4.26. The van der Waals surface area contributed by atoms with E-state index in [4.69, 9.17) is 9.47 Å². The topological polar surface area (TPSA) is 38.7 Å². The van der Waals surface area contributed by atoms with Crippen LogP contribution in [0.5, 0.6) is 5.75 Å². The zero-order chi connectivity index (χ0) is 12.2. The van der Waals surface area contributed by atoms with Gasteiger partial charge in [-0.25, -0.2) is 4.39 Å². The minimum atomic E-state index is -1.26. The van der Waals surface area contributed by atoms with Crippen LogP contribution in [-0.4, -0.2) is 25.4 Å². The van der Waals surface area contributed by atoms with Crippen LogP contribution in [0.3, 0.4) is 0 Å². The lowest BCUT2D eigenvalue weighted by atomic mass is 9.96. The number of benzene rings is 1. The fourth-order valence-electron chi connectivity index (χ4n) is 1.48. The summed E-state index contributed by atoms with van der Waals surface area (Å²) in [6, 6.07) is 4.04. The Morgan fingerprint density at radius 1 is 1.44 bits per heavy atom. The molecule has 0 aromatic heterocycles. The summed E-state index contributed by atoms with van der Waals surface area (Å²) in [4.78, 5) is 0. The van der Waals surface area contributed by atoms with E-state index in [2.05, 4.69) is 0 Å². The summed E-state index contributed by atoms with van der Waals surface area (Å²) in [7, 11) is 1.48. The minimum Gasteiger partial charge on any atom is -0.496 e. The molecule has 0 heterocycles. The molecule has 0 saturated carbocycles. The van der Waals surface area contributed by atoms with Gasteiger partial charge in [0.2, 0.25) is 0 Å². The molecule has 0 bridgehead atoms. The van der Waals surface area contributed by atoms with Crippen molar-refractivity contribution in [2.75, 3.05) is 20.3 Å². The molecule has 16 heavy (non-hydrogen) atoms. The molecule has 90 valence electrons. The highest BCUT2D eigenvalue weighted by Crippen LogP contribution is 2.30. The smallest absolute Gasteiger partial charge is 0.125 e. The second-order valence-electron chi connectivity index (χ2n) is 3.76. The summed E-state index contributed by atoms with van der Waals surface area (Å²) in [6.45, 7) is 4.00. The van der Waals surface area contributed by atoms with Crippen molar-refractivity contribution in [3.05, 3.63) is 29.6 Å². The SMILES string of the molecule is CCOCC(C)(O)c1cc(F)ccc1OC. The molecule has 0 aliphatic carbocycles. The van der Waals surface area contributed by atoms with Crippen LogP contribution >= 0.6 is 0 Å². The largest absolute Gasteiger partial charge is 0.496 e. The second-order valence-corrected chi connectivity index (χ2v) is 3.76. The zero-order valence-corrected chi connectivity index (χ0v) is 9.79. The molecule has 0 spiro atoms. The summed E-state index contributed by atoms with van der Waals surface area (Å²) in [5.41, 5.74) is -0.868. The molecule has 0 aliphatic heterocycles. The number of methoxy groups -OCH3 is 1. The number of halogens is 1. The van der Waals surface area contributed by atoms with E-state index in [9.17, 15) is 9.50 Å². The number of hydrogen-bond donors (Lipinski definition) is 1. The molecular formula is C12H17FO3. The van der Waals surface area contributed by atoms with E-state index in [1.54, 1.807) is 6.92 Å². The van der Waals surface area contributed by atoms with Crippen LogP contribution in [0.4, 0.5) is 4.39 Å². The van der Waals surface area contributed by atoms with Gasteiger partial charge in [0.1, 0.15) is 17.2 Å². The van der Waals surface area contributed by atoms with Gasteiger partial charge >= 0.3 is 0 Å². The summed E-state index contributed by atoms with van der Waals surface area (Å²) < 4.78 is 23.4. The van der Waals surface area contributed by atoms with Crippen molar-refractivity contribution in [2.45, 2.75) is 19.4 Å². The van der Waals surface area contributed by atoms with Crippen molar-refractivity contribution >= 4 is 0 Å². The average molecular weight is 228 g/mol. The molecule has 1 rings (SSSR count). The van der Waals surface area contributed by atoms with Gasteiger partial charge in [-0.2, -0.15) is 0 Å². The van der Waals surface area contributed by atoms with Crippen molar-refractivity contribution in [3.63, 3.8) is 0 Å². The first-order valence-corrected chi connectivity index (χ1v) is 5.15. The molecule has 1 aromatic rings. The number of aliphatic hydroxyl groups is 1. The fraction of sp³-hybridized carbons (Fsp3) is 0.500. The van der Waals surface area contributed by atoms with Crippen LogP contribution < -0.4 is 4.74 Å². The van der Waals surface area contributed by atoms with Crippen LogP contribution in [0, 0.1) is 5.82 Å². The van der Waals surface area contributed by atoms with Gasteiger partial charge in [-0.1, -0.05) is 0 Å². The summed E-state index contributed by atoms with van der Waals surface area (Å²) in [5, 5.41) is 10.2. The van der Waals surface area contributed by atoms with Crippen LogP contribution in [-0.2, 0) is 10.3 Å². The molecule has 0 aliphatic rings. The van der Waals surface area contributed by atoms with Crippen LogP contribution in [0.25, 0.3) is 0 Å². The highest BCUT2D eigenvalue weighted by atomic mass is 19.1. The number of ether oxygens (including phenoxy) is 2. The molecule has 1 atom stereocenters. The van der Waals surface area contributed by atoms with Crippen molar-refractivity contribution in [1.82, 2.24) is 0 Å². The maximum atomic E-state index is 13.1. The van der Waals surface area contributed by atoms with Gasteiger partial charge in [-0.15, -0.1) is 0 Å². The highest BCUT2D eigenvalue weighted by molar-refractivity contribution is 5.38. The van der Waals surface area contributed by atoms with Crippen LogP contribution in [0.1, 0.15) is 19.4 Å². The first kappa shape index (κ1) is 12.9. The van der Waals surface area contributed by atoms with Gasteiger partial charge in [-0.05, 0) is 32.0 Å². The second kappa shape index (κ2) is 5.27. The number of hydrogen-bond acceptors (Lipinski definition) is 3. The third kappa shape index (κ3) is 2.93. The van der Waals surface area contributed by atoms with E-state index < -0.39 is 11.4 Å². The van der Waals surface area contributed by atoms with E-state index in [0.29, 0.717) is 17.9 Å². The normalized spacial score (nSPS) is 14.6. The van der Waals surface area contributed by atoms with E-state index in [-0.39, 0.29) is 6.61 Å². The lowest BCUT2D eigenvalue weighted by Crippen LogP contribution is -2.28. The monoisotopic (exact) mass is 228 g/mol. The maximum Gasteiger partial charge on any atom is 0.125 e. The van der Waals surface area contributed by atoms with E-state index in [1.165, 1.54) is 25.3 Å². The lowest BCUT2D eigenvalue weighted by molar-refractivity contribution is -0.0357.